The van der Waals surface area contributed by atoms with Crippen molar-refractivity contribution in [2.24, 2.45) is 10.9 Å². The van der Waals surface area contributed by atoms with Crippen LogP contribution in [-0.4, -0.2) is 49.2 Å². The highest BCUT2D eigenvalue weighted by molar-refractivity contribution is 6.02. The molecule has 2 aromatic carbocycles. The normalized spacial score (nSPS) is 16.0. The first-order chi connectivity index (χ1) is 12.2. The van der Waals surface area contributed by atoms with E-state index in [0.29, 0.717) is 0 Å². The molecule has 6 heteroatoms. The van der Waals surface area contributed by atoms with Crippen LogP contribution in [0.15, 0.2) is 53.7 Å². The van der Waals surface area contributed by atoms with Gasteiger partial charge < -0.3 is 20.6 Å². The van der Waals surface area contributed by atoms with Crippen molar-refractivity contribution in [2.45, 2.75) is 6.54 Å². The summed E-state index contributed by atoms with van der Waals surface area (Å²) in [6, 6.07) is 16.1. The summed E-state index contributed by atoms with van der Waals surface area (Å²) in [4.78, 5) is 4.70. The van der Waals surface area contributed by atoms with Crippen LogP contribution in [0.1, 0.15) is 11.1 Å². The molecule has 6 nitrogen and oxygen atoms in total. The molecule has 3 N–H and O–H groups in total. The molecule has 2 aromatic rings. The van der Waals surface area contributed by atoms with E-state index in [1.165, 1.54) is 5.56 Å². The van der Waals surface area contributed by atoms with Crippen molar-refractivity contribution in [1.82, 2.24) is 4.90 Å². The van der Waals surface area contributed by atoms with Gasteiger partial charge in [-0.2, -0.15) is 0 Å². The minimum atomic E-state index is 0.115. The Hall–Kier alpha value is -2.73. The lowest BCUT2D eigenvalue weighted by Gasteiger charge is -2.37. The zero-order chi connectivity index (χ0) is 17.6. The van der Waals surface area contributed by atoms with Crippen LogP contribution in [0.25, 0.3) is 0 Å². The van der Waals surface area contributed by atoms with E-state index in [1.54, 1.807) is 7.11 Å². The number of oxime groups is 1. The fraction of sp³-hybridized carbons (Fsp3) is 0.316. The SMILES string of the molecule is COc1ccc(/C(N)=N/O)c(N2CCN(Cc3ccccc3)CC2)c1. The highest BCUT2D eigenvalue weighted by Crippen LogP contribution is 2.27. The maximum Gasteiger partial charge on any atom is 0.172 e. The Labute approximate surface area is 148 Å². The van der Waals surface area contributed by atoms with Crippen LogP contribution in [0, 0.1) is 0 Å². The van der Waals surface area contributed by atoms with Gasteiger partial charge in [-0.1, -0.05) is 35.5 Å². The Morgan fingerprint density at radius 3 is 2.48 bits per heavy atom. The van der Waals surface area contributed by atoms with Gasteiger partial charge in [0, 0.05) is 44.4 Å². The van der Waals surface area contributed by atoms with Crippen molar-refractivity contribution in [3.05, 3.63) is 59.7 Å². The van der Waals surface area contributed by atoms with E-state index in [-0.39, 0.29) is 5.84 Å². The fourth-order valence-electron chi connectivity index (χ4n) is 3.16. The van der Waals surface area contributed by atoms with E-state index in [1.807, 2.05) is 24.3 Å². The lowest BCUT2D eigenvalue weighted by atomic mass is 10.1. The molecular weight excluding hydrogens is 316 g/mol. The van der Waals surface area contributed by atoms with E-state index in [0.717, 1.165) is 49.7 Å². The number of nitrogens with two attached hydrogens (primary N) is 1. The number of amidine groups is 1. The molecule has 132 valence electrons. The summed E-state index contributed by atoms with van der Waals surface area (Å²) in [5.74, 6) is 0.876. The molecule has 0 radical (unpaired) electrons. The highest BCUT2D eigenvalue weighted by Gasteiger charge is 2.21. The molecule has 25 heavy (non-hydrogen) atoms. The molecule has 0 spiro atoms. The molecule has 1 fully saturated rings. The number of hydrogen-bond donors (Lipinski definition) is 2. The van der Waals surface area contributed by atoms with Crippen LogP contribution < -0.4 is 15.4 Å². The van der Waals surface area contributed by atoms with Gasteiger partial charge >= 0.3 is 0 Å². The molecule has 1 heterocycles. The van der Waals surface area contributed by atoms with Crippen LogP contribution in [-0.2, 0) is 6.54 Å². The van der Waals surface area contributed by atoms with Gasteiger partial charge in [0.05, 0.1) is 12.8 Å². The van der Waals surface area contributed by atoms with Gasteiger partial charge in [-0.05, 0) is 17.7 Å². The zero-order valence-corrected chi connectivity index (χ0v) is 14.4. The maximum atomic E-state index is 9.05. The Morgan fingerprint density at radius 2 is 1.84 bits per heavy atom. The average molecular weight is 340 g/mol. The topological polar surface area (TPSA) is 74.3 Å². The van der Waals surface area contributed by atoms with E-state index in [4.69, 9.17) is 15.7 Å². The van der Waals surface area contributed by atoms with Crippen molar-refractivity contribution in [3.8, 4) is 5.75 Å². The molecule has 0 bridgehead atoms. The number of piperazine rings is 1. The largest absolute Gasteiger partial charge is 0.497 e. The van der Waals surface area contributed by atoms with E-state index < -0.39 is 0 Å². The molecule has 3 rings (SSSR count). The summed E-state index contributed by atoms with van der Waals surface area (Å²) in [5.41, 5.74) is 8.83. The smallest absolute Gasteiger partial charge is 0.172 e. The third-order valence-corrected chi connectivity index (χ3v) is 4.55. The summed E-state index contributed by atoms with van der Waals surface area (Å²) in [7, 11) is 1.64. The minimum absolute atomic E-state index is 0.115. The summed E-state index contributed by atoms with van der Waals surface area (Å²) in [6.07, 6.45) is 0. The molecule has 0 atom stereocenters. The van der Waals surface area contributed by atoms with E-state index >= 15 is 0 Å². The van der Waals surface area contributed by atoms with Crippen LogP contribution in [0.3, 0.4) is 0 Å². The Bertz CT molecular complexity index is 725. The lowest BCUT2D eigenvalue weighted by molar-refractivity contribution is 0.250. The number of ether oxygens (including phenoxy) is 1. The summed E-state index contributed by atoms with van der Waals surface area (Å²) < 4.78 is 5.33. The first kappa shape index (κ1) is 17.1. The fourth-order valence-corrected chi connectivity index (χ4v) is 3.16. The minimum Gasteiger partial charge on any atom is -0.497 e. The Morgan fingerprint density at radius 1 is 1.12 bits per heavy atom. The van der Waals surface area contributed by atoms with Crippen LogP contribution in [0.5, 0.6) is 5.75 Å². The van der Waals surface area contributed by atoms with Gasteiger partial charge in [-0.25, -0.2) is 0 Å². The van der Waals surface area contributed by atoms with Crippen molar-refractivity contribution >= 4 is 11.5 Å². The number of rotatable bonds is 5. The summed E-state index contributed by atoms with van der Waals surface area (Å²) in [5, 5.41) is 12.2. The average Bonchev–Trinajstić information content (AvgIpc) is 2.68. The predicted molar refractivity (Wildman–Crippen MR) is 99.4 cm³/mol. The van der Waals surface area contributed by atoms with Crippen LogP contribution >= 0.6 is 0 Å². The zero-order valence-electron chi connectivity index (χ0n) is 14.4. The number of hydrogen-bond acceptors (Lipinski definition) is 5. The molecule has 1 aliphatic rings. The van der Waals surface area contributed by atoms with Crippen molar-refractivity contribution in [1.29, 1.82) is 0 Å². The van der Waals surface area contributed by atoms with Gasteiger partial charge in [-0.3, -0.25) is 4.90 Å². The second kappa shape index (κ2) is 7.90. The first-order valence-corrected chi connectivity index (χ1v) is 8.38. The molecule has 0 amide bonds. The number of anilines is 1. The van der Waals surface area contributed by atoms with Crippen LogP contribution in [0.2, 0.25) is 0 Å². The van der Waals surface area contributed by atoms with Gasteiger partial charge in [0.2, 0.25) is 0 Å². The molecule has 1 saturated heterocycles. The van der Waals surface area contributed by atoms with E-state index in [9.17, 15) is 0 Å². The third-order valence-electron chi connectivity index (χ3n) is 4.55. The van der Waals surface area contributed by atoms with Gasteiger partial charge in [0.15, 0.2) is 5.84 Å². The standard InChI is InChI=1S/C19H24N4O2/c1-25-16-7-8-17(19(20)21-24)18(13-16)23-11-9-22(10-12-23)14-15-5-3-2-4-6-15/h2-8,13,24H,9-12,14H2,1H3,(H2,20,21). The lowest BCUT2D eigenvalue weighted by Crippen LogP contribution is -2.46. The van der Waals surface area contributed by atoms with Crippen LogP contribution in [0.4, 0.5) is 5.69 Å². The van der Waals surface area contributed by atoms with E-state index in [2.05, 4.69) is 39.2 Å². The monoisotopic (exact) mass is 340 g/mol. The molecule has 0 unspecified atom stereocenters. The molecule has 1 aliphatic heterocycles. The molecule has 0 saturated carbocycles. The summed E-state index contributed by atoms with van der Waals surface area (Å²) in [6.45, 7) is 4.64. The third kappa shape index (κ3) is 4.03. The molecule has 0 aromatic heterocycles. The number of methoxy groups -OCH3 is 1. The highest BCUT2D eigenvalue weighted by atomic mass is 16.5. The quantitative estimate of drug-likeness (QED) is 0.377. The number of nitrogens with zero attached hydrogens (tertiary/aromatic N) is 3. The van der Waals surface area contributed by atoms with Crippen molar-refractivity contribution < 1.29 is 9.94 Å². The first-order valence-electron chi connectivity index (χ1n) is 8.38. The molecular formula is C19H24N4O2. The maximum absolute atomic E-state index is 9.05. The Kier molecular flexibility index (Phi) is 5.40. The second-order valence-electron chi connectivity index (χ2n) is 6.12. The summed E-state index contributed by atoms with van der Waals surface area (Å²) >= 11 is 0. The van der Waals surface area contributed by atoms with Gasteiger partial charge in [0.25, 0.3) is 0 Å². The van der Waals surface area contributed by atoms with Gasteiger partial charge in [-0.15, -0.1) is 0 Å². The predicted octanol–water partition coefficient (Wildman–Crippen LogP) is 2.11. The molecule has 0 aliphatic carbocycles. The van der Waals surface area contributed by atoms with Crippen molar-refractivity contribution in [3.63, 3.8) is 0 Å². The Balaban J connectivity index is 1.72. The van der Waals surface area contributed by atoms with Crippen molar-refractivity contribution in [2.75, 3.05) is 38.2 Å². The number of benzene rings is 2. The second-order valence-corrected chi connectivity index (χ2v) is 6.12. The van der Waals surface area contributed by atoms with Gasteiger partial charge in [0.1, 0.15) is 5.75 Å².